The summed E-state index contributed by atoms with van der Waals surface area (Å²) in [5.41, 5.74) is 0.846. The van der Waals surface area contributed by atoms with Crippen molar-refractivity contribution in [3.8, 4) is 0 Å². The Balaban J connectivity index is 1.86. The fraction of sp³-hybridized carbons (Fsp3) is 0.533. The third kappa shape index (κ3) is 3.43. The summed E-state index contributed by atoms with van der Waals surface area (Å²) in [6.45, 7) is 4.33. The lowest BCUT2D eigenvalue weighted by atomic mass is 10.1. The minimum absolute atomic E-state index is 0.0361. The van der Waals surface area contributed by atoms with E-state index >= 15 is 0 Å². The fourth-order valence-corrected chi connectivity index (χ4v) is 2.82. The third-order valence-electron chi connectivity index (χ3n) is 4.07. The second-order valence-electron chi connectivity index (χ2n) is 5.46. The molecule has 0 saturated carbocycles. The van der Waals surface area contributed by atoms with Gasteiger partial charge in [0.2, 0.25) is 0 Å². The summed E-state index contributed by atoms with van der Waals surface area (Å²) < 4.78 is 10.5. The van der Waals surface area contributed by atoms with Crippen molar-refractivity contribution in [1.29, 1.82) is 0 Å². The van der Waals surface area contributed by atoms with E-state index in [2.05, 4.69) is 0 Å². The van der Waals surface area contributed by atoms with Gasteiger partial charge in [-0.15, -0.1) is 0 Å². The minimum Gasteiger partial charge on any atom is -0.378 e. The second kappa shape index (κ2) is 6.93. The topological polar surface area (TPSA) is 85.2 Å². The molecule has 8 heteroatoms. The maximum Gasteiger partial charge on any atom is 0.293 e. The highest BCUT2D eigenvalue weighted by molar-refractivity contribution is 5.95. The molecule has 2 heterocycles. The number of anilines is 1. The number of hydrogen-bond acceptors (Lipinski definition) is 6. The van der Waals surface area contributed by atoms with E-state index in [1.165, 1.54) is 6.07 Å². The molecular formula is C15H19N3O5. The number of amides is 1. The van der Waals surface area contributed by atoms with Crippen LogP contribution >= 0.6 is 0 Å². The van der Waals surface area contributed by atoms with Gasteiger partial charge in [0.05, 0.1) is 31.4 Å². The number of nitrogens with zero attached hydrogens (tertiary/aromatic N) is 3. The van der Waals surface area contributed by atoms with Gasteiger partial charge in [0.15, 0.2) is 0 Å². The van der Waals surface area contributed by atoms with Crippen LogP contribution in [-0.4, -0.2) is 68.3 Å². The highest BCUT2D eigenvalue weighted by Crippen LogP contribution is 2.30. The highest BCUT2D eigenvalue weighted by atomic mass is 16.6. The van der Waals surface area contributed by atoms with Gasteiger partial charge in [-0.3, -0.25) is 14.9 Å². The summed E-state index contributed by atoms with van der Waals surface area (Å²) in [4.78, 5) is 27.0. The van der Waals surface area contributed by atoms with Crippen LogP contribution in [0.2, 0.25) is 0 Å². The first-order valence-corrected chi connectivity index (χ1v) is 7.65. The van der Waals surface area contributed by atoms with Crippen molar-refractivity contribution in [2.24, 2.45) is 0 Å². The highest BCUT2D eigenvalue weighted by Gasteiger charge is 2.25. The summed E-state index contributed by atoms with van der Waals surface area (Å²) in [5.74, 6) is -0.190. The van der Waals surface area contributed by atoms with Gasteiger partial charge in [0.1, 0.15) is 5.69 Å². The lowest BCUT2D eigenvalue weighted by Gasteiger charge is -2.29. The van der Waals surface area contributed by atoms with Crippen LogP contribution < -0.4 is 4.90 Å². The Kier molecular flexibility index (Phi) is 4.73. The van der Waals surface area contributed by atoms with Crippen LogP contribution in [0, 0.1) is 10.1 Å². The van der Waals surface area contributed by atoms with Crippen molar-refractivity contribution in [1.82, 2.24) is 4.90 Å². The standard InChI is InChI=1S/C15H19N3O5/c19-15(17-5-9-23-10-6-17)12-1-2-13(14(11-12)18(20)21)16-3-7-22-8-4-16/h1-2,11H,3-10H2. The molecule has 0 unspecified atom stereocenters. The van der Waals surface area contributed by atoms with E-state index in [4.69, 9.17) is 9.47 Å². The zero-order valence-corrected chi connectivity index (χ0v) is 12.8. The molecule has 1 aromatic rings. The Morgan fingerprint density at radius 1 is 1.04 bits per heavy atom. The molecule has 0 radical (unpaired) electrons. The van der Waals surface area contributed by atoms with E-state index < -0.39 is 4.92 Å². The molecule has 0 atom stereocenters. The Morgan fingerprint density at radius 2 is 1.65 bits per heavy atom. The van der Waals surface area contributed by atoms with Gasteiger partial charge in [0, 0.05) is 37.8 Å². The number of nitro benzene ring substituents is 1. The van der Waals surface area contributed by atoms with Crippen LogP contribution in [0.1, 0.15) is 10.4 Å². The van der Waals surface area contributed by atoms with E-state index in [0.717, 1.165) is 0 Å². The quantitative estimate of drug-likeness (QED) is 0.607. The van der Waals surface area contributed by atoms with E-state index in [1.54, 1.807) is 17.0 Å². The third-order valence-corrected chi connectivity index (χ3v) is 4.07. The molecule has 0 spiro atoms. The predicted molar refractivity (Wildman–Crippen MR) is 82.9 cm³/mol. The zero-order valence-electron chi connectivity index (χ0n) is 12.8. The Hall–Kier alpha value is -2.19. The molecular weight excluding hydrogens is 302 g/mol. The van der Waals surface area contributed by atoms with Crippen molar-refractivity contribution >= 4 is 17.3 Å². The second-order valence-corrected chi connectivity index (χ2v) is 5.46. The molecule has 124 valence electrons. The van der Waals surface area contributed by atoms with Crippen LogP contribution in [-0.2, 0) is 9.47 Å². The molecule has 2 aliphatic heterocycles. The van der Waals surface area contributed by atoms with Crippen LogP contribution in [0.25, 0.3) is 0 Å². The van der Waals surface area contributed by atoms with E-state index in [-0.39, 0.29) is 11.6 Å². The van der Waals surface area contributed by atoms with Gasteiger partial charge in [-0.2, -0.15) is 0 Å². The lowest BCUT2D eigenvalue weighted by Crippen LogP contribution is -2.40. The number of carbonyl (C=O) groups is 1. The zero-order chi connectivity index (χ0) is 16.2. The summed E-state index contributed by atoms with van der Waals surface area (Å²) >= 11 is 0. The van der Waals surface area contributed by atoms with Gasteiger partial charge < -0.3 is 19.3 Å². The van der Waals surface area contributed by atoms with Crippen molar-refractivity contribution < 1.29 is 19.2 Å². The first-order valence-electron chi connectivity index (χ1n) is 7.65. The average molecular weight is 321 g/mol. The number of morpholine rings is 2. The fourth-order valence-electron chi connectivity index (χ4n) is 2.82. The van der Waals surface area contributed by atoms with Crippen LogP contribution in [0.5, 0.6) is 0 Å². The lowest BCUT2D eigenvalue weighted by molar-refractivity contribution is -0.384. The number of ether oxygens (including phenoxy) is 2. The number of rotatable bonds is 3. The van der Waals surface area contributed by atoms with E-state index in [9.17, 15) is 14.9 Å². The monoisotopic (exact) mass is 321 g/mol. The van der Waals surface area contributed by atoms with Gasteiger partial charge in [-0.1, -0.05) is 0 Å². The molecule has 8 nitrogen and oxygen atoms in total. The molecule has 1 aromatic carbocycles. The maximum atomic E-state index is 12.5. The van der Waals surface area contributed by atoms with Crippen molar-refractivity contribution in [2.45, 2.75) is 0 Å². The maximum absolute atomic E-state index is 12.5. The van der Waals surface area contributed by atoms with Crippen molar-refractivity contribution in [3.63, 3.8) is 0 Å². The number of benzene rings is 1. The Labute approximate surface area is 133 Å². The minimum atomic E-state index is -0.430. The Morgan fingerprint density at radius 3 is 2.26 bits per heavy atom. The molecule has 3 rings (SSSR count). The van der Waals surface area contributed by atoms with Crippen molar-refractivity contribution in [2.75, 3.05) is 57.5 Å². The van der Waals surface area contributed by atoms with Gasteiger partial charge in [0.25, 0.3) is 11.6 Å². The molecule has 0 aromatic heterocycles. The Bertz CT molecular complexity index is 595. The van der Waals surface area contributed by atoms with Crippen molar-refractivity contribution in [3.05, 3.63) is 33.9 Å². The molecule has 0 bridgehead atoms. The van der Waals surface area contributed by atoms with Gasteiger partial charge >= 0.3 is 0 Å². The van der Waals surface area contributed by atoms with Crippen LogP contribution in [0.15, 0.2) is 18.2 Å². The number of hydrogen-bond donors (Lipinski definition) is 0. The van der Waals surface area contributed by atoms with Crippen LogP contribution in [0.3, 0.4) is 0 Å². The summed E-state index contributed by atoms with van der Waals surface area (Å²) in [5, 5.41) is 11.4. The smallest absolute Gasteiger partial charge is 0.293 e. The summed E-state index contributed by atoms with van der Waals surface area (Å²) in [6, 6.07) is 4.70. The van der Waals surface area contributed by atoms with E-state index in [1.807, 2.05) is 4.90 Å². The summed E-state index contributed by atoms with van der Waals surface area (Å²) in [7, 11) is 0. The molecule has 2 fully saturated rings. The molecule has 1 amide bonds. The predicted octanol–water partition coefficient (Wildman–Crippen LogP) is 0.904. The molecule has 0 N–H and O–H groups in total. The summed E-state index contributed by atoms with van der Waals surface area (Å²) in [6.07, 6.45) is 0. The largest absolute Gasteiger partial charge is 0.378 e. The molecule has 0 aliphatic carbocycles. The van der Waals surface area contributed by atoms with Gasteiger partial charge in [-0.25, -0.2) is 0 Å². The first-order chi connectivity index (χ1) is 11.2. The molecule has 2 aliphatic rings. The first kappa shape index (κ1) is 15.7. The van der Waals surface area contributed by atoms with Crippen LogP contribution in [0.4, 0.5) is 11.4 Å². The number of nitro groups is 1. The van der Waals surface area contributed by atoms with Gasteiger partial charge in [-0.05, 0) is 12.1 Å². The SMILES string of the molecule is O=C(c1ccc(N2CCOCC2)c([N+](=O)[O-])c1)N1CCOCC1. The molecule has 2 saturated heterocycles. The molecule has 23 heavy (non-hydrogen) atoms. The normalized spacial score (nSPS) is 18.8. The average Bonchev–Trinajstić information content (AvgIpc) is 2.62. The number of carbonyl (C=O) groups excluding carboxylic acids is 1. The van der Waals surface area contributed by atoms with E-state index in [0.29, 0.717) is 63.9 Å².